The second-order valence-electron chi connectivity index (χ2n) is 5.81. The number of halogens is 1. The summed E-state index contributed by atoms with van der Waals surface area (Å²) in [6.07, 6.45) is 1.79. The van der Waals surface area contributed by atoms with Crippen LogP contribution in [-0.4, -0.2) is 34.2 Å². The first-order valence-corrected chi connectivity index (χ1v) is 9.50. The maximum absolute atomic E-state index is 12.1. The van der Waals surface area contributed by atoms with Crippen molar-refractivity contribution in [2.75, 3.05) is 23.7 Å². The molecule has 0 fully saturated rings. The lowest BCUT2D eigenvalue weighted by molar-refractivity contribution is 0.0954. The predicted molar refractivity (Wildman–Crippen MR) is 114 cm³/mol. The third-order valence-corrected chi connectivity index (χ3v) is 4.61. The zero-order chi connectivity index (χ0) is 19.1. The van der Waals surface area contributed by atoms with E-state index in [1.807, 2.05) is 55.5 Å². The number of pyridine rings is 1. The van der Waals surface area contributed by atoms with Gasteiger partial charge in [-0.3, -0.25) is 4.79 Å². The van der Waals surface area contributed by atoms with Crippen LogP contribution in [-0.2, 0) is 0 Å². The quantitative estimate of drug-likeness (QED) is 0.360. The van der Waals surface area contributed by atoms with E-state index < -0.39 is 0 Å². The summed E-state index contributed by atoms with van der Waals surface area (Å²) in [5.41, 5.74) is 1.78. The molecule has 8 heteroatoms. The zero-order valence-electron chi connectivity index (χ0n) is 14.7. The molecule has 0 saturated carbocycles. The van der Waals surface area contributed by atoms with E-state index in [0.717, 1.165) is 9.13 Å². The zero-order valence-corrected chi connectivity index (χ0v) is 16.9. The number of nitrogens with zero attached hydrogens (tertiary/aromatic N) is 3. The van der Waals surface area contributed by atoms with E-state index in [0.29, 0.717) is 36.1 Å². The van der Waals surface area contributed by atoms with Crippen LogP contribution in [0.15, 0.2) is 54.7 Å². The minimum absolute atomic E-state index is 0.0852. The molecule has 1 aromatic carbocycles. The van der Waals surface area contributed by atoms with Crippen LogP contribution in [0.25, 0.3) is 0 Å². The number of nitrogens with one attached hydrogen (secondary N) is 3. The standard InChI is InChI=1S/C19H19IN6O/c1-13-6-7-16(23-12-13)24-18-9-8-17(25-26-18)21-10-11-22-19(27)14-4-2-3-5-15(14)20/h2-9,12H,10-11H2,1H3,(H,21,25)(H,22,27)(H,23,24,26). The molecule has 0 radical (unpaired) electrons. The Labute approximate surface area is 171 Å². The van der Waals surface area contributed by atoms with Crippen LogP contribution in [0.4, 0.5) is 17.5 Å². The van der Waals surface area contributed by atoms with E-state index in [2.05, 4.69) is 53.7 Å². The molecular formula is C19H19IN6O. The number of benzene rings is 1. The van der Waals surface area contributed by atoms with Crippen LogP contribution in [0.5, 0.6) is 0 Å². The van der Waals surface area contributed by atoms with Gasteiger partial charge in [-0.2, -0.15) is 0 Å². The summed E-state index contributed by atoms with van der Waals surface area (Å²) in [5, 5.41) is 17.3. The van der Waals surface area contributed by atoms with Gasteiger partial charge >= 0.3 is 0 Å². The minimum Gasteiger partial charge on any atom is -0.367 e. The molecule has 0 atom stereocenters. The van der Waals surface area contributed by atoms with Crippen molar-refractivity contribution in [3.63, 3.8) is 0 Å². The maximum atomic E-state index is 12.1. The Balaban J connectivity index is 1.44. The molecule has 0 aliphatic heterocycles. The number of hydrogen-bond donors (Lipinski definition) is 3. The lowest BCUT2D eigenvalue weighted by Gasteiger charge is -2.09. The number of carbonyl (C=O) groups excluding carboxylic acids is 1. The molecular weight excluding hydrogens is 455 g/mol. The summed E-state index contributed by atoms with van der Waals surface area (Å²) in [5.74, 6) is 1.89. The summed E-state index contributed by atoms with van der Waals surface area (Å²) >= 11 is 2.15. The van der Waals surface area contributed by atoms with E-state index in [4.69, 9.17) is 0 Å². The van der Waals surface area contributed by atoms with Gasteiger partial charge in [-0.25, -0.2) is 4.98 Å². The third-order valence-electron chi connectivity index (χ3n) is 3.67. The van der Waals surface area contributed by atoms with Gasteiger partial charge in [0.25, 0.3) is 5.91 Å². The molecule has 0 bridgehead atoms. The molecule has 138 valence electrons. The van der Waals surface area contributed by atoms with Crippen LogP contribution in [0.1, 0.15) is 15.9 Å². The third kappa shape index (κ3) is 5.61. The second-order valence-corrected chi connectivity index (χ2v) is 6.97. The van der Waals surface area contributed by atoms with E-state index in [-0.39, 0.29) is 5.91 Å². The first kappa shape index (κ1) is 19.0. The molecule has 0 aliphatic rings. The normalized spacial score (nSPS) is 10.3. The smallest absolute Gasteiger partial charge is 0.252 e. The summed E-state index contributed by atoms with van der Waals surface area (Å²) in [6.45, 7) is 3.02. The fraction of sp³-hybridized carbons (Fsp3) is 0.158. The van der Waals surface area contributed by atoms with Crippen LogP contribution in [0.2, 0.25) is 0 Å². The minimum atomic E-state index is -0.0852. The van der Waals surface area contributed by atoms with Gasteiger partial charge in [0, 0.05) is 22.9 Å². The van der Waals surface area contributed by atoms with Gasteiger partial charge in [-0.1, -0.05) is 18.2 Å². The van der Waals surface area contributed by atoms with E-state index in [1.54, 1.807) is 6.20 Å². The highest BCUT2D eigenvalue weighted by Gasteiger charge is 2.08. The molecule has 1 amide bonds. The maximum Gasteiger partial charge on any atom is 0.252 e. The Bertz CT molecular complexity index is 899. The molecule has 27 heavy (non-hydrogen) atoms. The van der Waals surface area contributed by atoms with Crippen LogP contribution in [0, 0.1) is 10.5 Å². The van der Waals surface area contributed by atoms with Crippen molar-refractivity contribution in [1.29, 1.82) is 0 Å². The fourth-order valence-electron chi connectivity index (χ4n) is 2.27. The van der Waals surface area contributed by atoms with Gasteiger partial charge in [0.2, 0.25) is 0 Å². The van der Waals surface area contributed by atoms with Crippen molar-refractivity contribution in [1.82, 2.24) is 20.5 Å². The van der Waals surface area contributed by atoms with Crippen molar-refractivity contribution in [2.45, 2.75) is 6.92 Å². The lowest BCUT2D eigenvalue weighted by atomic mass is 10.2. The monoisotopic (exact) mass is 474 g/mol. The molecule has 3 N–H and O–H groups in total. The number of anilines is 3. The SMILES string of the molecule is Cc1ccc(Nc2ccc(NCCNC(=O)c3ccccc3I)nn2)nc1. The number of aromatic nitrogens is 3. The molecule has 0 unspecified atom stereocenters. The van der Waals surface area contributed by atoms with Crippen LogP contribution >= 0.6 is 22.6 Å². The Hall–Kier alpha value is -2.75. The van der Waals surface area contributed by atoms with E-state index >= 15 is 0 Å². The summed E-state index contributed by atoms with van der Waals surface area (Å²) in [6, 6.07) is 15.0. The van der Waals surface area contributed by atoms with Crippen molar-refractivity contribution in [3.05, 3.63) is 69.4 Å². The van der Waals surface area contributed by atoms with Gasteiger partial charge in [0.1, 0.15) is 11.6 Å². The summed E-state index contributed by atoms with van der Waals surface area (Å²) in [4.78, 5) is 16.4. The topological polar surface area (TPSA) is 91.8 Å². The number of amides is 1. The highest BCUT2D eigenvalue weighted by Crippen LogP contribution is 2.13. The van der Waals surface area contributed by atoms with Crippen molar-refractivity contribution < 1.29 is 4.79 Å². The molecule has 0 saturated heterocycles. The summed E-state index contributed by atoms with van der Waals surface area (Å²) in [7, 11) is 0. The van der Waals surface area contributed by atoms with E-state index in [1.165, 1.54) is 0 Å². The van der Waals surface area contributed by atoms with Gasteiger partial charge in [-0.15, -0.1) is 10.2 Å². The molecule has 2 heterocycles. The Morgan fingerprint density at radius 3 is 2.41 bits per heavy atom. The number of rotatable bonds is 7. The Morgan fingerprint density at radius 1 is 0.963 bits per heavy atom. The van der Waals surface area contributed by atoms with Gasteiger partial charge in [-0.05, 0) is 65.4 Å². The largest absolute Gasteiger partial charge is 0.367 e. The van der Waals surface area contributed by atoms with Crippen molar-refractivity contribution in [3.8, 4) is 0 Å². The molecule has 3 rings (SSSR count). The summed E-state index contributed by atoms with van der Waals surface area (Å²) < 4.78 is 0.928. The fourth-order valence-corrected chi connectivity index (χ4v) is 2.91. The van der Waals surface area contributed by atoms with Gasteiger partial charge in [0.05, 0.1) is 5.56 Å². The van der Waals surface area contributed by atoms with E-state index in [9.17, 15) is 4.79 Å². The van der Waals surface area contributed by atoms with Crippen LogP contribution in [0.3, 0.4) is 0 Å². The van der Waals surface area contributed by atoms with Gasteiger partial charge < -0.3 is 16.0 Å². The number of aryl methyl sites for hydroxylation is 1. The Morgan fingerprint density at radius 2 is 1.70 bits per heavy atom. The van der Waals surface area contributed by atoms with Crippen molar-refractivity contribution >= 4 is 46.0 Å². The predicted octanol–water partition coefficient (Wildman–Crippen LogP) is 3.37. The lowest BCUT2D eigenvalue weighted by Crippen LogP contribution is -2.29. The highest BCUT2D eigenvalue weighted by atomic mass is 127. The second kappa shape index (κ2) is 9.26. The number of hydrogen-bond acceptors (Lipinski definition) is 6. The van der Waals surface area contributed by atoms with Gasteiger partial charge in [0.15, 0.2) is 5.82 Å². The average molecular weight is 474 g/mol. The molecule has 0 spiro atoms. The first-order valence-electron chi connectivity index (χ1n) is 8.42. The Kier molecular flexibility index (Phi) is 6.53. The van der Waals surface area contributed by atoms with Crippen molar-refractivity contribution in [2.24, 2.45) is 0 Å². The molecule has 2 aromatic heterocycles. The molecule has 0 aliphatic carbocycles. The average Bonchev–Trinajstić information content (AvgIpc) is 2.68. The number of carbonyl (C=O) groups is 1. The van der Waals surface area contributed by atoms with Crippen LogP contribution < -0.4 is 16.0 Å². The molecule has 3 aromatic rings. The highest BCUT2D eigenvalue weighted by molar-refractivity contribution is 14.1. The first-order chi connectivity index (χ1) is 13.1. The molecule has 7 nitrogen and oxygen atoms in total.